The second kappa shape index (κ2) is 4.19. The molecule has 0 aliphatic rings. The van der Waals surface area contributed by atoms with Crippen molar-refractivity contribution in [2.45, 2.75) is 0 Å². The fourth-order valence-corrected chi connectivity index (χ4v) is 0.890. The summed E-state index contributed by atoms with van der Waals surface area (Å²) in [4.78, 5) is 20.0. The molecule has 1 amide bonds. The molecule has 0 bridgehead atoms. The van der Waals surface area contributed by atoms with Crippen LogP contribution in [0, 0.1) is 27.8 Å². The summed E-state index contributed by atoms with van der Waals surface area (Å²) in [6.45, 7) is 0. The van der Waals surface area contributed by atoms with Crippen molar-refractivity contribution < 1.29 is 14.1 Å². The van der Waals surface area contributed by atoms with Gasteiger partial charge in [-0.25, -0.2) is 4.39 Å². The molecule has 0 spiro atoms. The monoisotopic (exact) mass is 208 g/mol. The first-order valence-corrected chi connectivity index (χ1v) is 3.76. The largest absolute Gasteiger partial charge is 0.359 e. The van der Waals surface area contributed by atoms with Gasteiger partial charge in [0.2, 0.25) is 0 Å². The number of hydrogen-bond acceptors (Lipinski definition) is 3. The summed E-state index contributed by atoms with van der Waals surface area (Å²) in [5.74, 6) is 2.47. The van der Waals surface area contributed by atoms with Crippen LogP contribution >= 0.6 is 0 Å². The fourth-order valence-electron chi connectivity index (χ4n) is 0.890. The van der Waals surface area contributed by atoms with Crippen LogP contribution in [0.3, 0.4) is 0 Å². The predicted molar refractivity (Wildman–Crippen MR) is 49.1 cm³/mol. The Labute approximate surface area is 83.8 Å². The number of nitrogens with two attached hydrogens (primary N) is 1. The standard InChI is InChI=1S/C9H5FN2O3/c10-7-3-1-6(2-4-9(11)13)8(5-7)12(14)15/h1,3,5H,(H2,11,13). The molecule has 6 heteroatoms. The van der Waals surface area contributed by atoms with Crippen molar-refractivity contribution >= 4 is 11.6 Å². The van der Waals surface area contributed by atoms with Crippen molar-refractivity contribution in [3.8, 4) is 11.8 Å². The highest BCUT2D eigenvalue weighted by Gasteiger charge is 2.12. The first-order valence-electron chi connectivity index (χ1n) is 3.76. The normalized spacial score (nSPS) is 8.87. The number of nitro groups is 1. The molecule has 0 atom stereocenters. The Morgan fingerprint density at radius 3 is 2.73 bits per heavy atom. The van der Waals surface area contributed by atoms with E-state index < -0.39 is 22.3 Å². The van der Waals surface area contributed by atoms with E-state index in [0.29, 0.717) is 0 Å². The first-order chi connectivity index (χ1) is 7.00. The highest BCUT2D eigenvalue weighted by Crippen LogP contribution is 2.18. The van der Waals surface area contributed by atoms with E-state index in [1.54, 1.807) is 0 Å². The lowest BCUT2D eigenvalue weighted by atomic mass is 10.2. The molecule has 15 heavy (non-hydrogen) atoms. The Hall–Kier alpha value is -2.42. The van der Waals surface area contributed by atoms with E-state index in [9.17, 15) is 19.3 Å². The van der Waals surface area contributed by atoms with Gasteiger partial charge in [0, 0.05) is 5.92 Å². The number of primary amides is 1. The molecule has 0 aliphatic heterocycles. The number of carbonyl (C=O) groups excluding carboxylic acids is 1. The van der Waals surface area contributed by atoms with Gasteiger partial charge in [0.05, 0.1) is 11.0 Å². The van der Waals surface area contributed by atoms with Crippen LogP contribution in [0.1, 0.15) is 5.56 Å². The van der Waals surface area contributed by atoms with Crippen molar-refractivity contribution in [3.63, 3.8) is 0 Å². The van der Waals surface area contributed by atoms with E-state index in [1.807, 2.05) is 5.92 Å². The van der Waals surface area contributed by atoms with Crippen LogP contribution in [-0.2, 0) is 4.79 Å². The molecule has 0 heterocycles. The maximum absolute atomic E-state index is 12.7. The molecule has 0 radical (unpaired) electrons. The molecule has 0 fully saturated rings. The van der Waals surface area contributed by atoms with E-state index in [0.717, 1.165) is 18.2 Å². The molecular formula is C9H5FN2O3. The Bertz CT molecular complexity index is 488. The molecule has 0 saturated heterocycles. The molecule has 0 aliphatic carbocycles. The third kappa shape index (κ3) is 2.77. The molecule has 76 valence electrons. The van der Waals surface area contributed by atoms with E-state index in [-0.39, 0.29) is 5.56 Å². The van der Waals surface area contributed by atoms with Gasteiger partial charge < -0.3 is 5.73 Å². The Morgan fingerprint density at radius 1 is 1.53 bits per heavy atom. The molecule has 0 saturated carbocycles. The Kier molecular flexibility index (Phi) is 2.98. The van der Waals surface area contributed by atoms with Crippen LogP contribution in [0.5, 0.6) is 0 Å². The minimum absolute atomic E-state index is 0.0554. The van der Waals surface area contributed by atoms with E-state index >= 15 is 0 Å². The van der Waals surface area contributed by atoms with Gasteiger partial charge in [0.15, 0.2) is 0 Å². The number of hydrogen-bond donors (Lipinski definition) is 1. The maximum atomic E-state index is 12.7. The molecule has 0 aromatic heterocycles. The summed E-state index contributed by atoms with van der Waals surface area (Å²) < 4.78 is 12.7. The molecule has 1 aromatic rings. The van der Waals surface area contributed by atoms with Crippen LogP contribution in [0.25, 0.3) is 0 Å². The zero-order valence-corrected chi connectivity index (χ0v) is 7.36. The predicted octanol–water partition coefficient (Wildman–Crippen LogP) is 0.571. The number of nitrogens with zero attached hydrogens (tertiary/aromatic N) is 1. The topological polar surface area (TPSA) is 86.2 Å². The SMILES string of the molecule is NC(=O)C#Cc1ccc(F)cc1[N+](=O)[O-]. The van der Waals surface area contributed by atoms with Gasteiger partial charge in [-0.3, -0.25) is 14.9 Å². The molecule has 2 N–H and O–H groups in total. The van der Waals surface area contributed by atoms with Crippen molar-refractivity contribution in [2.24, 2.45) is 5.73 Å². The summed E-state index contributed by atoms with van der Waals surface area (Å²) in [6, 6.07) is 2.85. The third-order valence-electron chi connectivity index (χ3n) is 1.48. The van der Waals surface area contributed by atoms with Crippen LogP contribution < -0.4 is 5.73 Å². The van der Waals surface area contributed by atoms with Gasteiger partial charge in [-0.2, -0.15) is 0 Å². The summed E-state index contributed by atoms with van der Waals surface area (Å²) >= 11 is 0. The lowest BCUT2D eigenvalue weighted by Gasteiger charge is -1.94. The van der Waals surface area contributed by atoms with Crippen molar-refractivity contribution in [2.75, 3.05) is 0 Å². The van der Waals surface area contributed by atoms with E-state index in [4.69, 9.17) is 5.73 Å². The van der Waals surface area contributed by atoms with E-state index in [2.05, 4.69) is 5.92 Å². The van der Waals surface area contributed by atoms with Crippen LogP contribution in [-0.4, -0.2) is 10.8 Å². The first kappa shape index (κ1) is 10.7. The highest BCUT2D eigenvalue weighted by atomic mass is 19.1. The van der Waals surface area contributed by atoms with Gasteiger partial charge in [-0.15, -0.1) is 0 Å². The molecule has 0 unspecified atom stereocenters. The second-order valence-electron chi connectivity index (χ2n) is 2.53. The highest BCUT2D eigenvalue weighted by molar-refractivity contribution is 5.92. The summed E-state index contributed by atoms with van der Waals surface area (Å²) in [5, 5.41) is 10.5. The minimum Gasteiger partial charge on any atom is -0.359 e. The van der Waals surface area contributed by atoms with Crippen molar-refractivity contribution in [1.82, 2.24) is 0 Å². The Morgan fingerprint density at radius 2 is 2.20 bits per heavy atom. The Balaban J connectivity index is 3.25. The minimum atomic E-state index is -0.909. The third-order valence-corrected chi connectivity index (χ3v) is 1.48. The number of benzene rings is 1. The zero-order valence-electron chi connectivity index (χ0n) is 7.36. The number of nitro benzene ring substituents is 1. The van der Waals surface area contributed by atoms with Gasteiger partial charge in [0.1, 0.15) is 11.4 Å². The van der Waals surface area contributed by atoms with Gasteiger partial charge in [0.25, 0.3) is 11.6 Å². The molecule has 1 rings (SSSR count). The van der Waals surface area contributed by atoms with Crippen LogP contribution in [0.2, 0.25) is 0 Å². The van der Waals surface area contributed by atoms with Crippen LogP contribution in [0.15, 0.2) is 18.2 Å². The number of carbonyl (C=O) groups is 1. The maximum Gasteiger partial charge on any atom is 0.293 e. The van der Waals surface area contributed by atoms with Gasteiger partial charge in [-0.1, -0.05) is 0 Å². The van der Waals surface area contributed by atoms with Gasteiger partial charge in [-0.05, 0) is 18.1 Å². The fraction of sp³-hybridized carbons (Fsp3) is 0. The lowest BCUT2D eigenvalue weighted by Crippen LogP contribution is -2.06. The van der Waals surface area contributed by atoms with Crippen LogP contribution in [0.4, 0.5) is 10.1 Å². The average Bonchev–Trinajstić information content (AvgIpc) is 2.15. The second-order valence-corrected chi connectivity index (χ2v) is 2.53. The quantitative estimate of drug-likeness (QED) is 0.415. The van der Waals surface area contributed by atoms with Crippen molar-refractivity contribution in [3.05, 3.63) is 39.7 Å². The zero-order chi connectivity index (χ0) is 11.4. The number of amides is 1. The smallest absolute Gasteiger partial charge is 0.293 e. The van der Waals surface area contributed by atoms with Gasteiger partial charge >= 0.3 is 0 Å². The number of rotatable bonds is 1. The number of halogens is 1. The van der Waals surface area contributed by atoms with Crippen molar-refractivity contribution in [1.29, 1.82) is 0 Å². The lowest BCUT2D eigenvalue weighted by molar-refractivity contribution is -0.385. The molecular weight excluding hydrogens is 203 g/mol. The molecule has 5 nitrogen and oxygen atoms in total. The summed E-state index contributed by atoms with van der Waals surface area (Å²) in [6.07, 6.45) is 0. The summed E-state index contributed by atoms with van der Waals surface area (Å²) in [7, 11) is 0. The average molecular weight is 208 g/mol. The summed E-state index contributed by atoms with van der Waals surface area (Å²) in [5.41, 5.74) is 4.19. The molecule has 1 aromatic carbocycles. The van der Waals surface area contributed by atoms with E-state index in [1.165, 1.54) is 0 Å².